The van der Waals surface area contributed by atoms with Gasteiger partial charge >= 0.3 is 5.97 Å². The summed E-state index contributed by atoms with van der Waals surface area (Å²) in [6, 6.07) is 0. The molecule has 0 radical (unpaired) electrons. The molecule has 0 saturated heterocycles. The van der Waals surface area contributed by atoms with Crippen molar-refractivity contribution in [3.05, 3.63) is 23.0 Å². The lowest BCUT2D eigenvalue weighted by Crippen LogP contribution is -2.22. The second kappa shape index (κ2) is 5.80. The molecule has 0 aromatic carbocycles. The highest BCUT2D eigenvalue weighted by atomic mass is 79.9. The van der Waals surface area contributed by atoms with Crippen molar-refractivity contribution < 1.29 is 9.53 Å². The third kappa shape index (κ3) is 3.22. The summed E-state index contributed by atoms with van der Waals surface area (Å²) in [5.41, 5.74) is 1.30. The van der Waals surface area contributed by atoms with Crippen molar-refractivity contribution in [3.8, 4) is 0 Å². The number of carbonyl (C=O) groups is 1. The van der Waals surface area contributed by atoms with Crippen molar-refractivity contribution in [2.24, 2.45) is 0 Å². The molecule has 0 fully saturated rings. The number of hydrogen-bond acceptors (Lipinski definition) is 3. The lowest BCUT2D eigenvalue weighted by molar-refractivity contribution is -0.137. The van der Waals surface area contributed by atoms with Crippen LogP contribution in [0.25, 0.3) is 0 Å². The SMILES string of the molecule is C=C(C(=O)OC)N(C)/C(=C\Br)CC. The number of rotatable bonds is 4. The summed E-state index contributed by atoms with van der Waals surface area (Å²) in [6.07, 6.45) is 0.817. The maximum Gasteiger partial charge on any atom is 0.354 e. The molecular weight excluding hydrogens is 234 g/mol. The molecule has 0 aliphatic heterocycles. The summed E-state index contributed by atoms with van der Waals surface area (Å²) in [6.45, 7) is 5.63. The minimum atomic E-state index is -0.414. The largest absolute Gasteiger partial charge is 0.464 e. The second-order valence-corrected chi connectivity index (χ2v) is 2.91. The molecule has 0 bridgehead atoms. The summed E-state index contributed by atoms with van der Waals surface area (Å²) in [5, 5.41) is 0. The summed E-state index contributed by atoms with van der Waals surface area (Å²) >= 11 is 3.22. The van der Waals surface area contributed by atoms with E-state index in [0.29, 0.717) is 5.70 Å². The van der Waals surface area contributed by atoms with E-state index in [-0.39, 0.29) is 0 Å². The predicted molar refractivity (Wildman–Crippen MR) is 56.2 cm³/mol. The van der Waals surface area contributed by atoms with Crippen LogP contribution >= 0.6 is 15.9 Å². The summed E-state index contributed by atoms with van der Waals surface area (Å²) in [5.74, 6) is -0.414. The van der Waals surface area contributed by atoms with Gasteiger partial charge in [0.25, 0.3) is 0 Å². The van der Waals surface area contributed by atoms with Crippen molar-refractivity contribution in [2.75, 3.05) is 14.2 Å². The number of methoxy groups -OCH3 is 1. The third-order valence-electron chi connectivity index (χ3n) is 1.74. The van der Waals surface area contributed by atoms with Gasteiger partial charge < -0.3 is 9.64 Å². The Labute approximate surface area is 87.2 Å². The summed E-state index contributed by atoms with van der Waals surface area (Å²) in [4.78, 5) is 14.5. The molecule has 4 heteroatoms. The lowest BCUT2D eigenvalue weighted by atomic mass is 10.3. The standard InChI is InChI=1S/C9H14BrNO2/c1-5-8(6-10)11(3)7(2)9(12)13-4/h6H,2,5H2,1,3-4H3/b8-6-. The molecule has 13 heavy (non-hydrogen) atoms. The van der Waals surface area contributed by atoms with Crippen molar-refractivity contribution >= 4 is 21.9 Å². The number of halogens is 1. The van der Waals surface area contributed by atoms with Gasteiger partial charge in [-0.15, -0.1) is 0 Å². The Bertz CT molecular complexity index is 236. The van der Waals surface area contributed by atoms with Crippen LogP contribution in [0.4, 0.5) is 0 Å². The van der Waals surface area contributed by atoms with Gasteiger partial charge in [-0.25, -0.2) is 4.79 Å². The monoisotopic (exact) mass is 247 g/mol. The van der Waals surface area contributed by atoms with Crippen molar-refractivity contribution in [1.82, 2.24) is 4.90 Å². The fourth-order valence-electron chi connectivity index (χ4n) is 0.816. The zero-order chi connectivity index (χ0) is 10.4. The van der Waals surface area contributed by atoms with Crippen molar-refractivity contribution in [3.63, 3.8) is 0 Å². The van der Waals surface area contributed by atoms with E-state index in [2.05, 4.69) is 27.2 Å². The average molecular weight is 248 g/mol. The van der Waals surface area contributed by atoms with Crippen LogP contribution in [-0.2, 0) is 9.53 Å². The number of likely N-dealkylation sites (N-methyl/N-ethyl adjacent to an activating group) is 1. The van der Waals surface area contributed by atoms with E-state index >= 15 is 0 Å². The fraction of sp³-hybridized carbons (Fsp3) is 0.444. The molecular formula is C9H14BrNO2. The van der Waals surface area contributed by atoms with Crippen LogP contribution < -0.4 is 0 Å². The van der Waals surface area contributed by atoms with Crippen LogP contribution in [0.5, 0.6) is 0 Å². The lowest BCUT2D eigenvalue weighted by Gasteiger charge is -2.21. The summed E-state index contributed by atoms with van der Waals surface area (Å²) in [7, 11) is 3.11. The van der Waals surface area contributed by atoms with Crippen LogP contribution in [0.15, 0.2) is 23.0 Å². The van der Waals surface area contributed by atoms with Gasteiger partial charge in [0.15, 0.2) is 0 Å². The molecule has 0 aromatic rings. The predicted octanol–water partition coefficient (Wildman–Crippen LogP) is 2.25. The Balaban J connectivity index is 4.50. The van der Waals surface area contributed by atoms with Gasteiger partial charge in [0.1, 0.15) is 5.70 Å². The van der Waals surface area contributed by atoms with Crippen LogP contribution in [0.1, 0.15) is 13.3 Å². The maximum absolute atomic E-state index is 11.1. The minimum absolute atomic E-state index is 0.329. The molecule has 0 atom stereocenters. The van der Waals surface area contributed by atoms with Crippen LogP contribution in [0.2, 0.25) is 0 Å². The zero-order valence-electron chi connectivity index (χ0n) is 8.13. The van der Waals surface area contributed by atoms with E-state index in [1.807, 2.05) is 6.92 Å². The van der Waals surface area contributed by atoms with E-state index in [1.165, 1.54) is 7.11 Å². The number of allylic oxidation sites excluding steroid dienone is 1. The Morgan fingerprint density at radius 2 is 2.23 bits per heavy atom. The Hall–Kier alpha value is -0.770. The van der Waals surface area contributed by atoms with Gasteiger partial charge in [-0.2, -0.15) is 0 Å². The molecule has 0 spiro atoms. The van der Waals surface area contributed by atoms with Crippen LogP contribution in [0.3, 0.4) is 0 Å². The molecule has 0 N–H and O–H groups in total. The maximum atomic E-state index is 11.1. The van der Waals surface area contributed by atoms with Gasteiger partial charge in [-0.1, -0.05) is 29.4 Å². The highest BCUT2D eigenvalue weighted by molar-refractivity contribution is 9.11. The number of hydrogen-bond donors (Lipinski definition) is 0. The van der Waals surface area contributed by atoms with Gasteiger partial charge in [-0.3, -0.25) is 0 Å². The molecule has 0 aliphatic carbocycles. The smallest absolute Gasteiger partial charge is 0.354 e. The highest BCUT2D eigenvalue weighted by Crippen LogP contribution is 2.14. The first-order chi connectivity index (χ1) is 6.08. The van der Waals surface area contributed by atoms with E-state index in [0.717, 1.165) is 12.1 Å². The molecule has 0 amide bonds. The molecule has 3 nitrogen and oxygen atoms in total. The molecule has 74 valence electrons. The molecule has 0 aliphatic rings. The van der Waals surface area contributed by atoms with Crippen molar-refractivity contribution in [2.45, 2.75) is 13.3 Å². The van der Waals surface area contributed by atoms with E-state index in [1.54, 1.807) is 16.9 Å². The molecule has 0 unspecified atom stereocenters. The Morgan fingerprint density at radius 3 is 2.54 bits per heavy atom. The quantitative estimate of drug-likeness (QED) is 0.564. The number of nitrogens with zero attached hydrogens (tertiary/aromatic N) is 1. The first-order valence-electron chi connectivity index (χ1n) is 3.88. The van der Waals surface area contributed by atoms with Gasteiger partial charge in [0.05, 0.1) is 7.11 Å². The van der Waals surface area contributed by atoms with Gasteiger partial charge in [0.2, 0.25) is 0 Å². The highest BCUT2D eigenvalue weighted by Gasteiger charge is 2.13. The normalized spacial score (nSPS) is 10.9. The third-order valence-corrected chi connectivity index (χ3v) is 2.27. The van der Waals surface area contributed by atoms with E-state index < -0.39 is 5.97 Å². The molecule has 0 aromatic heterocycles. The first kappa shape index (κ1) is 12.2. The topological polar surface area (TPSA) is 29.5 Å². The first-order valence-corrected chi connectivity index (χ1v) is 4.80. The van der Waals surface area contributed by atoms with Crippen LogP contribution in [-0.4, -0.2) is 25.0 Å². The number of esters is 1. The summed E-state index contributed by atoms with van der Waals surface area (Å²) < 4.78 is 4.55. The van der Waals surface area contributed by atoms with Crippen LogP contribution in [0, 0.1) is 0 Å². The number of carbonyl (C=O) groups excluding carboxylic acids is 1. The second-order valence-electron chi connectivity index (χ2n) is 2.45. The van der Waals surface area contributed by atoms with Crippen molar-refractivity contribution in [1.29, 1.82) is 0 Å². The van der Waals surface area contributed by atoms with E-state index in [9.17, 15) is 4.79 Å². The van der Waals surface area contributed by atoms with Gasteiger partial charge in [0, 0.05) is 17.7 Å². The Morgan fingerprint density at radius 1 is 1.69 bits per heavy atom. The zero-order valence-corrected chi connectivity index (χ0v) is 9.72. The Kier molecular flexibility index (Phi) is 5.46. The molecule has 0 heterocycles. The fourth-order valence-corrected chi connectivity index (χ4v) is 1.45. The van der Waals surface area contributed by atoms with Gasteiger partial charge in [-0.05, 0) is 6.42 Å². The average Bonchev–Trinajstić information content (AvgIpc) is 2.17. The van der Waals surface area contributed by atoms with E-state index in [4.69, 9.17) is 0 Å². The molecule has 0 saturated carbocycles. The molecule has 0 rings (SSSR count). The number of ether oxygens (including phenoxy) is 1. The minimum Gasteiger partial charge on any atom is -0.464 e.